The van der Waals surface area contributed by atoms with Gasteiger partial charge in [0.25, 0.3) is 0 Å². The smallest absolute Gasteiger partial charge is 0.409 e. The van der Waals surface area contributed by atoms with Crippen molar-refractivity contribution in [1.82, 2.24) is 9.80 Å². The Hall–Kier alpha value is -2.58. The molecule has 4 rings (SSSR count). The molecule has 2 amide bonds. The van der Waals surface area contributed by atoms with E-state index in [-0.39, 0.29) is 28.2 Å². The van der Waals surface area contributed by atoms with Crippen LogP contribution in [0.3, 0.4) is 0 Å². The lowest BCUT2D eigenvalue weighted by Crippen LogP contribution is -2.66. The zero-order chi connectivity index (χ0) is 22.0. The second-order valence-electron chi connectivity index (χ2n) is 7.73. The van der Waals surface area contributed by atoms with Crippen LogP contribution in [0.4, 0.5) is 16.2 Å². The van der Waals surface area contributed by atoms with E-state index in [1.807, 2.05) is 15.9 Å². The molecule has 1 unspecified atom stereocenters. The molecule has 1 aromatic rings. The zero-order valence-electron chi connectivity index (χ0n) is 16.9. The maximum absolute atomic E-state index is 13.4. The van der Waals surface area contributed by atoms with Gasteiger partial charge in [0.1, 0.15) is 6.04 Å². The quantitative estimate of drug-likeness (QED) is 0.700. The number of nitriles is 1. The van der Waals surface area contributed by atoms with Gasteiger partial charge in [-0.05, 0) is 12.1 Å². The Balaban J connectivity index is 1.62. The fraction of sp³-hybridized carbons (Fsp3) is 0.550. The van der Waals surface area contributed by atoms with E-state index < -0.39 is 12.1 Å². The van der Waals surface area contributed by atoms with Crippen molar-refractivity contribution in [3.05, 3.63) is 22.7 Å². The van der Waals surface area contributed by atoms with E-state index in [1.165, 1.54) is 6.07 Å². The first-order valence-electron chi connectivity index (χ1n) is 10.2. The first-order valence-corrected chi connectivity index (χ1v) is 10.5. The predicted molar refractivity (Wildman–Crippen MR) is 113 cm³/mol. The molecule has 0 radical (unpaired) electrons. The highest BCUT2D eigenvalue weighted by atomic mass is 35.5. The molecule has 3 heterocycles. The minimum Gasteiger partial charge on any atom is -0.465 e. The summed E-state index contributed by atoms with van der Waals surface area (Å²) in [7, 11) is 0. The maximum Gasteiger partial charge on any atom is 0.409 e. The summed E-state index contributed by atoms with van der Waals surface area (Å²) in [6.07, 6.45) is -1.27. The van der Waals surface area contributed by atoms with Crippen LogP contribution in [-0.4, -0.2) is 98.1 Å². The molecule has 166 valence electrons. The Morgan fingerprint density at radius 1 is 1.16 bits per heavy atom. The number of ether oxygens (including phenoxy) is 2. The molecular formula is C20H24ClN5O5. The summed E-state index contributed by atoms with van der Waals surface area (Å²) >= 11 is 6.51. The molecule has 0 aromatic heterocycles. The zero-order valence-corrected chi connectivity index (χ0v) is 17.7. The van der Waals surface area contributed by atoms with Gasteiger partial charge in [-0.3, -0.25) is 15.0 Å². The second-order valence-corrected chi connectivity index (χ2v) is 8.11. The predicted octanol–water partition coefficient (Wildman–Crippen LogP) is 1.05. The van der Waals surface area contributed by atoms with Gasteiger partial charge in [-0.1, -0.05) is 11.6 Å². The molecule has 10 nitrogen and oxygen atoms in total. The number of piperazine rings is 1. The van der Waals surface area contributed by atoms with Crippen molar-refractivity contribution in [2.75, 3.05) is 69.4 Å². The lowest BCUT2D eigenvalue weighted by Gasteiger charge is -2.48. The molecule has 0 bridgehead atoms. The molecule has 2 N–H and O–H groups in total. The molecule has 31 heavy (non-hydrogen) atoms. The molecular weight excluding hydrogens is 426 g/mol. The van der Waals surface area contributed by atoms with E-state index in [0.717, 1.165) is 0 Å². The number of carbonyl (C=O) groups excluding carboxylic acids is 1. The molecule has 0 spiro atoms. The number of anilines is 2. The van der Waals surface area contributed by atoms with Gasteiger partial charge >= 0.3 is 6.09 Å². The van der Waals surface area contributed by atoms with E-state index in [0.29, 0.717) is 64.8 Å². The topological polar surface area (TPSA) is 118 Å². The van der Waals surface area contributed by atoms with Crippen molar-refractivity contribution >= 4 is 35.0 Å². The molecule has 1 atom stereocenters. The van der Waals surface area contributed by atoms with Crippen LogP contribution in [0.15, 0.2) is 12.1 Å². The third-order valence-corrected chi connectivity index (χ3v) is 6.28. The van der Waals surface area contributed by atoms with Crippen LogP contribution in [0.5, 0.6) is 0 Å². The lowest BCUT2D eigenvalue weighted by atomic mass is 10.0. The first kappa shape index (κ1) is 21.6. The van der Waals surface area contributed by atoms with Crippen LogP contribution in [-0.2, 0) is 14.3 Å². The first-order chi connectivity index (χ1) is 15.0. The summed E-state index contributed by atoms with van der Waals surface area (Å²) in [6.45, 7) is 4.96. The molecule has 3 aliphatic heterocycles. The van der Waals surface area contributed by atoms with E-state index in [4.69, 9.17) is 26.2 Å². The van der Waals surface area contributed by atoms with Crippen LogP contribution >= 0.6 is 11.6 Å². The van der Waals surface area contributed by atoms with Crippen LogP contribution in [0.25, 0.3) is 0 Å². The number of halogens is 1. The number of hydrogen-bond donors (Lipinski definition) is 2. The van der Waals surface area contributed by atoms with Crippen molar-refractivity contribution in [3.63, 3.8) is 0 Å². The normalized spacial score (nSPS) is 22.5. The summed E-state index contributed by atoms with van der Waals surface area (Å²) in [4.78, 5) is 30.5. The fourth-order valence-corrected chi connectivity index (χ4v) is 4.47. The van der Waals surface area contributed by atoms with E-state index in [9.17, 15) is 14.9 Å². The molecule has 1 aromatic carbocycles. The third kappa shape index (κ3) is 4.55. The molecule has 3 aliphatic rings. The van der Waals surface area contributed by atoms with Crippen LogP contribution in [0, 0.1) is 11.3 Å². The number of hydrogen-bond acceptors (Lipinski definition) is 7. The van der Waals surface area contributed by atoms with Gasteiger partial charge in [-0.2, -0.15) is 5.26 Å². The van der Waals surface area contributed by atoms with E-state index >= 15 is 0 Å². The number of amides is 2. The van der Waals surface area contributed by atoms with Crippen molar-refractivity contribution in [2.45, 2.75) is 12.1 Å². The average molecular weight is 450 g/mol. The molecule has 0 saturated carbocycles. The Kier molecular flexibility index (Phi) is 6.48. The number of benzene rings is 1. The second kappa shape index (κ2) is 9.28. The van der Waals surface area contributed by atoms with Crippen LogP contribution in [0.1, 0.15) is 5.56 Å². The summed E-state index contributed by atoms with van der Waals surface area (Å²) in [5.74, 6) is 0.0383. The van der Waals surface area contributed by atoms with Crippen molar-refractivity contribution in [1.29, 1.82) is 5.26 Å². The van der Waals surface area contributed by atoms with Crippen LogP contribution in [0.2, 0.25) is 5.02 Å². The highest BCUT2D eigenvalue weighted by molar-refractivity contribution is 6.36. The van der Waals surface area contributed by atoms with Crippen molar-refractivity contribution < 1.29 is 24.2 Å². The molecule has 3 saturated heterocycles. The molecule has 11 heteroatoms. The molecule has 0 aliphatic carbocycles. The summed E-state index contributed by atoms with van der Waals surface area (Å²) in [5.41, 5.74) is 0.969. The van der Waals surface area contributed by atoms with E-state index in [2.05, 4.69) is 10.2 Å². The lowest BCUT2D eigenvalue weighted by molar-refractivity contribution is -0.148. The summed E-state index contributed by atoms with van der Waals surface area (Å²) < 4.78 is 10.7. The number of nitrogens with zero attached hydrogens (tertiary/aromatic N) is 4. The number of carboxylic acid groups (broad SMARTS) is 1. The summed E-state index contributed by atoms with van der Waals surface area (Å²) in [6, 6.07) is 4.88. The van der Waals surface area contributed by atoms with Gasteiger partial charge in [-0.25, -0.2) is 4.79 Å². The van der Waals surface area contributed by atoms with Gasteiger partial charge in [0, 0.05) is 32.7 Å². The Bertz CT molecular complexity index is 897. The van der Waals surface area contributed by atoms with Crippen molar-refractivity contribution in [3.8, 4) is 6.07 Å². The average Bonchev–Trinajstić information content (AvgIpc) is 2.74. The molecule has 3 fully saturated rings. The van der Waals surface area contributed by atoms with Crippen LogP contribution < -0.4 is 10.2 Å². The minimum atomic E-state index is -1.27. The Morgan fingerprint density at radius 2 is 1.90 bits per heavy atom. The minimum absolute atomic E-state index is 0.0383. The van der Waals surface area contributed by atoms with Gasteiger partial charge < -0.3 is 24.4 Å². The fourth-order valence-electron chi connectivity index (χ4n) is 4.19. The number of rotatable bonds is 4. The van der Waals surface area contributed by atoms with Gasteiger partial charge in [0.05, 0.1) is 60.5 Å². The highest BCUT2D eigenvalue weighted by Gasteiger charge is 2.41. The maximum atomic E-state index is 13.4. The highest BCUT2D eigenvalue weighted by Crippen LogP contribution is 2.36. The van der Waals surface area contributed by atoms with E-state index in [1.54, 1.807) is 6.07 Å². The number of nitrogens with one attached hydrogen (secondary N) is 1. The monoisotopic (exact) mass is 449 g/mol. The Labute approximate surface area is 184 Å². The number of morpholine rings is 1. The SMILES string of the molecule is N#Cc1cc(NC(=O)O)c(Cl)c(N2CCN(C3COC3)C(C(=O)N3CCOCC3)C2)c1. The van der Waals surface area contributed by atoms with Gasteiger partial charge in [0.2, 0.25) is 5.91 Å². The number of carbonyl (C=O) groups is 2. The van der Waals surface area contributed by atoms with Crippen molar-refractivity contribution in [2.24, 2.45) is 0 Å². The Morgan fingerprint density at radius 3 is 2.52 bits per heavy atom. The third-order valence-electron chi connectivity index (χ3n) is 5.88. The standard InChI is InChI=1S/C20H24ClN5O5/c21-18-15(23-20(28)29)7-13(9-22)8-16(18)25-1-2-26(14-11-31-12-14)17(10-25)19(27)24-3-5-30-6-4-24/h7-8,14,17,23H,1-6,10-12H2,(H,28,29). The summed E-state index contributed by atoms with van der Waals surface area (Å²) in [5, 5.41) is 20.9. The van der Waals surface area contributed by atoms with Gasteiger partial charge in [0.15, 0.2) is 0 Å². The van der Waals surface area contributed by atoms with Gasteiger partial charge in [-0.15, -0.1) is 0 Å². The largest absolute Gasteiger partial charge is 0.465 e.